The number of thioether (sulfide) groups is 1. The van der Waals surface area contributed by atoms with E-state index in [1.807, 2.05) is 18.4 Å². The average Bonchev–Trinajstić information content (AvgIpc) is 3.27. The molecule has 2 fully saturated rings. The summed E-state index contributed by atoms with van der Waals surface area (Å²) in [7, 11) is 0. The number of aromatic nitrogens is 4. The molecule has 2 N–H and O–H groups in total. The van der Waals surface area contributed by atoms with Crippen LogP contribution in [-0.4, -0.2) is 55.1 Å². The second-order valence-electron chi connectivity index (χ2n) is 7.05. The van der Waals surface area contributed by atoms with E-state index >= 15 is 0 Å². The summed E-state index contributed by atoms with van der Waals surface area (Å²) < 4.78 is 20.4. The first-order valence-electron chi connectivity index (χ1n) is 8.89. The summed E-state index contributed by atoms with van der Waals surface area (Å²) in [5, 5.41) is 8.66. The molecule has 2 saturated heterocycles. The maximum Gasteiger partial charge on any atom is 0.167 e. The van der Waals surface area contributed by atoms with E-state index < -0.39 is 12.0 Å². The van der Waals surface area contributed by atoms with Crippen LogP contribution in [0.3, 0.4) is 0 Å². The molecule has 10 heteroatoms. The van der Waals surface area contributed by atoms with Gasteiger partial charge in [-0.1, -0.05) is 0 Å². The van der Waals surface area contributed by atoms with Crippen LogP contribution in [0.15, 0.2) is 12.7 Å². The summed E-state index contributed by atoms with van der Waals surface area (Å²) in [4.78, 5) is 12.6. The molecule has 0 aliphatic carbocycles. The number of unbranched alkanes of at least 4 members (excludes halogenated alkanes) is 1. The molecule has 0 spiro atoms. The molecule has 0 aromatic carbocycles. The lowest BCUT2D eigenvalue weighted by atomic mass is 10.1. The van der Waals surface area contributed by atoms with Crippen molar-refractivity contribution in [3.63, 3.8) is 0 Å². The van der Waals surface area contributed by atoms with Crippen molar-refractivity contribution in [1.82, 2.24) is 19.5 Å². The molecule has 4 heterocycles. The molecule has 2 aromatic rings. The maximum absolute atomic E-state index is 8.66. The van der Waals surface area contributed by atoms with Crippen LogP contribution in [0.4, 0.5) is 5.82 Å². The molecule has 144 valence electrons. The van der Waals surface area contributed by atoms with E-state index in [1.54, 1.807) is 18.1 Å². The van der Waals surface area contributed by atoms with Crippen molar-refractivity contribution in [2.24, 2.45) is 0 Å². The van der Waals surface area contributed by atoms with Gasteiger partial charge in [0.2, 0.25) is 0 Å². The van der Waals surface area contributed by atoms with Crippen molar-refractivity contribution < 1.29 is 14.2 Å². The molecule has 0 saturated carbocycles. The van der Waals surface area contributed by atoms with Crippen LogP contribution in [0.1, 0.15) is 32.9 Å². The van der Waals surface area contributed by atoms with Crippen molar-refractivity contribution in [1.29, 1.82) is 5.26 Å². The number of nitrogens with two attached hydrogens (primary N) is 1. The number of anilines is 1. The summed E-state index contributed by atoms with van der Waals surface area (Å²) >= 11 is 1.76. The van der Waals surface area contributed by atoms with Gasteiger partial charge >= 0.3 is 0 Å². The van der Waals surface area contributed by atoms with Crippen LogP contribution in [0, 0.1) is 11.3 Å². The number of rotatable bonds is 6. The summed E-state index contributed by atoms with van der Waals surface area (Å²) in [5.41, 5.74) is 7.06. The standard InChI is InChI=1S/C17H22N6O3S/c1-17(2)25-12-10(7-27-6-4-3-5-18)24-16(13(12)26-17)23-9-22-11-14(19)20-8-21-15(11)23/h8-10,12-13,16H,3-4,6-7H2,1-2H3,(H2,19,20,21)/t10-,12-,13-,16-/m1/s1. The normalized spacial score (nSPS) is 29.1. The lowest BCUT2D eigenvalue weighted by Gasteiger charge is -2.24. The second kappa shape index (κ2) is 7.24. The number of hydrogen-bond acceptors (Lipinski definition) is 9. The molecule has 0 amide bonds. The van der Waals surface area contributed by atoms with E-state index in [0.29, 0.717) is 23.4 Å². The van der Waals surface area contributed by atoms with Gasteiger partial charge in [0.1, 0.15) is 24.1 Å². The third-order valence-corrected chi connectivity index (χ3v) is 5.79. The predicted molar refractivity (Wildman–Crippen MR) is 99.6 cm³/mol. The topological polar surface area (TPSA) is 121 Å². The van der Waals surface area contributed by atoms with Crippen LogP contribution in [-0.2, 0) is 14.2 Å². The van der Waals surface area contributed by atoms with Gasteiger partial charge in [-0.05, 0) is 26.0 Å². The highest BCUT2D eigenvalue weighted by atomic mass is 32.2. The number of nitrogen functional groups attached to an aromatic ring is 1. The van der Waals surface area contributed by atoms with E-state index in [4.69, 9.17) is 25.2 Å². The van der Waals surface area contributed by atoms with Gasteiger partial charge in [0.15, 0.2) is 23.5 Å². The first-order chi connectivity index (χ1) is 13.0. The molecule has 27 heavy (non-hydrogen) atoms. The van der Waals surface area contributed by atoms with Crippen LogP contribution in [0.25, 0.3) is 11.2 Å². The molecular formula is C17H22N6O3S. The average molecular weight is 390 g/mol. The molecule has 4 rings (SSSR count). The third kappa shape index (κ3) is 3.48. The van der Waals surface area contributed by atoms with Crippen LogP contribution in [0.5, 0.6) is 0 Å². The largest absolute Gasteiger partial charge is 0.382 e. The van der Waals surface area contributed by atoms with Crippen molar-refractivity contribution in [3.05, 3.63) is 12.7 Å². The molecule has 4 atom stereocenters. The number of nitriles is 1. The van der Waals surface area contributed by atoms with E-state index in [-0.39, 0.29) is 18.3 Å². The fourth-order valence-corrected chi connectivity index (χ4v) is 4.54. The fraction of sp³-hybridized carbons (Fsp3) is 0.647. The number of imidazole rings is 1. The Kier molecular flexibility index (Phi) is 4.94. The highest BCUT2D eigenvalue weighted by Crippen LogP contribution is 2.44. The van der Waals surface area contributed by atoms with Crippen molar-refractivity contribution in [3.8, 4) is 6.07 Å². The molecule has 0 unspecified atom stereocenters. The van der Waals surface area contributed by atoms with Gasteiger partial charge in [0.25, 0.3) is 0 Å². The lowest BCUT2D eigenvalue weighted by molar-refractivity contribution is -0.193. The number of hydrogen-bond donors (Lipinski definition) is 1. The Hall–Kier alpha value is -1.93. The monoisotopic (exact) mass is 390 g/mol. The fourth-order valence-electron chi connectivity index (χ4n) is 3.53. The highest BCUT2D eigenvalue weighted by Gasteiger charge is 2.55. The second-order valence-corrected chi connectivity index (χ2v) is 8.20. The van der Waals surface area contributed by atoms with Crippen molar-refractivity contribution >= 4 is 28.7 Å². The zero-order valence-corrected chi connectivity index (χ0v) is 16.1. The maximum atomic E-state index is 8.66. The third-order valence-electron chi connectivity index (χ3n) is 4.65. The van der Waals surface area contributed by atoms with Gasteiger partial charge < -0.3 is 19.9 Å². The summed E-state index contributed by atoms with van der Waals surface area (Å²) in [6.07, 6.45) is 3.56. The Morgan fingerprint density at radius 2 is 2.11 bits per heavy atom. The molecular weight excluding hydrogens is 368 g/mol. The number of nitrogens with zero attached hydrogens (tertiary/aromatic N) is 5. The lowest BCUT2D eigenvalue weighted by Crippen LogP contribution is -2.31. The summed E-state index contributed by atoms with van der Waals surface area (Å²) in [6.45, 7) is 3.82. The van der Waals surface area contributed by atoms with Gasteiger partial charge in [-0.15, -0.1) is 0 Å². The molecule has 9 nitrogen and oxygen atoms in total. The highest BCUT2D eigenvalue weighted by molar-refractivity contribution is 7.99. The van der Waals surface area contributed by atoms with Gasteiger partial charge in [-0.2, -0.15) is 17.0 Å². The van der Waals surface area contributed by atoms with Crippen molar-refractivity contribution in [2.75, 3.05) is 17.2 Å². The minimum atomic E-state index is -0.675. The first-order valence-corrected chi connectivity index (χ1v) is 10.0. The Labute approximate surface area is 161 Å². The van der Waals surface area contributed by atoms with E-state index in [1.165, 1.54) is 6.33 Å². The Balaban J connectivity index is 1.56. The Bertz CT molecular complexity index is 866. The summed E-state index contributed by atoms with van der Waals surface area (Å²) in [6, 6.07) is 2.17. The SMILES string of the molecule is CC1(C)O[C@@H]2[C@H](O1)[C@@H](CSCCCC#N)O[C@H]2n1cnc2c(N)ncnc21. The van der Waals surface area contributed by atoms with Crippen molar-refractivity contribution in [2.45, 2.75) is 57.0 Å². The minimum absolute atomic E-state index is 0.120. The first kappa shape index (κ1) is 18.4. The molecule has 2 aliphatic rings. The summed E-state index contributed by atoms with van der Waals surface area (Å²) in [5.74, 6) is 1.34. The van der Waals surface area contributed by atoms with Gasteiger partial charge in [-0.25, -0.2) is 15.0 Å². The van der Waals surface area contributed by atoms with Crippen LogP contribution in [0.2, 0.25) is 0 Å². The molecule has 2 aromatic heterocycles. The smallest absolute Gasteiger partial charge is 0.167 e. The number of fused-ring (bicyclic) bond motifs is 2. The molecule has 2 aliphatic heterocycles. The zero-order valence-electron chi connectivity index (χ0n) is 15.2. The van der Waals surface area contributed by atoms with Crippen LogP contribution >= 0.6 is 11.8 Å². The molecule has 0 bridgehead atoms. The van der Waals surface area contributed by atoms with E-state index in [9.17, 15) is 0 Å². The zero-order chi connectivity index (χ0) is 19.0. The Morgan fingerprint density at radius 1 is 1.30 bits per heavy atom. The van der Waals surface area contributed by atoms with Gasteiger partial charge in [-0.3, -0.25) is 4.57 Å². The minimum Gasteiger partial charge on any atom is -0.382 e. The predicted octanol–water partition coefficient (Wildman–Crippen LogP) is 1.86. The quantitative estimate of drug-likeness (QED) is 0.736. The van der Waals surface area contributed by atoms with Crippen LogP contribution < -0.4 is 5.73 Å². The van der Waals surface area contributed by atoms with E-state index in [0.717, 1.165) is 17.9 Å². The van der Waals surface area contributed by atoms with E-state index in [2.05, 4.69) is 21.0 Å². The number of ether oxygens (including phenoxy) is 3. The van der Waals surface area contributed by atoms with Gasteiger partial charge in [0, 0.05) is 12.2 Å². The van der Waals surface area contributed by atoms with Gasteiger partial charge in [0.05, 0.1) is 18.5 Å². The Morgan fingerprint density at radius 3 is 2.93 bits per heavy atom. The molecule has 0 radical (unpaired) electrons.